The van der Waals surface area contributed by atoms with E-state index in [4.69, 9.17) is 9.57 Å². The van der Waals surface area contributed by atoms with Crippen molar-refractivity contribution in [2.75, 3.05) is 6.61 Å². The van der Waals surface area contributed by atoms with Crippen molar-refractivity contribution in [1.82, 2.24) is 0 Å². The van der Waals surface area contributed by atoms with Gasteiger partial charge in [-0.05, 0) is 80.5 Å². The van der Waals surface area contributed by atoms with Gasteiger partial charge >= 0.3 is 5.97 Å². The monoisotopic (exact) mass is 489 g/mol. The molecule has 36 heavy (non-hydrogen) atoms. The third-order valence-electron chi connectivity index (χ3n) is 10.9. The zero-order valence-electron chi connectivity index (χ0n) is 21.9. The molecule has 0 radical (unpaired) electrons. The minimum absolute atomic E-state index is 0.0755. The van der Waals surface area contributed by atoms with Crippen LogP contribution in [0, 0.1) is 40.4 Å². The first-order chi connectivity index (χ1) is 17.3. The van der Waals surface area contributed by atoms with Gasteiger partial charge in [0.2, 0.25) is 0 Å². The molecule has 3 fully saturated rings. The Bertz CT molecular complexity index is 1110. The van der Waals surface area contributed by atoms with Crippen molar-refractivity contribution in [1.29, 1.82) is 0 Å². The van der Waals surface area contributed by atoms with Gasteiger partial charge in [0.05, 0.1) is 0 Å². The van der Waals surface area contributed by atoms with Crippen LogP contribution < -0.4 is 0 Å². The average Bonchev–Trinajstić information content (AvgIpc) is 3.49. The van der Waals surface area contributed by atoms with Crippen molar-refractivity contribution in [3.8, 4) is 0 Å². The van der Waals surface area contributed by atoms with Crippen molar-refractivity contribution in [3.63, 3.8) is 0 Å². The summed E-state index contributed by atoms with van der Waals surface area (Å²) in [6.07, 6.45) is 11.0. The molecule has 5 aliphatic rings. The molecule has 5 nitrogen and oxygen atoms in total. The number of allylic oxidation sites excluding steroid dienone is 1. The molecule has 1 aromatic carbocycles. The second-order valence-corrected chi connectivity index (χ2v) is 12.5. The molecule has 1 aliphatic heterocycles. The van der Waals surface area contributed by atoms with Gasteiger partial charge in [0.25, 0.3) is 0 Å². The second-order valence-electron chi connectivity index (χ2n) is 12.5. The van der Waals surface area contributed by atoms with Crippen molar-refractivity contribution in [2.24, 2.45) is 45.6 Å². The van der Waals surface area contributed by atoms with E-state index in [1.54, 1.807) is 6.92 Å². The Balaban J connectivity index is 1.15. The number of oxime groups is 1. The Morgan fingerprint density at radius 1 is 1.03 bits per heavy atom. The maximum Gasteiger partial charge on any atom is 0.319 e. The predicted octanol–water partition coefficient (Wildman–Crippen LogP) is 6.12. The predicted molar refractivity (Wildman–Crippen MR) is 138 cm³/mol. The maximum atomic E-state index is 13.2. The molecule has 1 heterocycles. The molecule has 0 spiro atoms. The maximum absolute atomic E-state index is 13.2. The highest BCUT2D eigenvalue weighted by Gasteiger charge is 2.59. The summed E-state index contributed by atoms with van der Waals surface area (Å²) in [6.45, 7) is 6.93. The summed E-state index contributed by atoms with van der Waals surface area (Å²) >= 11 is 0. The number of hydrogen-bond donors (Lipinski definition) is 0. The summed E-state index contributed by atoms with van der Waals surface area (Å²) in [6, 6.07) is 9.77. The number of Topliss-reactive ketones (excluding diaryl/α,β-unsaturated/α-hetero) is 1. The average molecular weight is 490 g/mol. The number of carbonyl (C=O) groups is 2. The molecule has 0 unspecified atom stereocenters. The number of benzene rings is 1. The molecule has 8 atom stereocenters. The van der Waals surface area contributed by atoms with Crippen LogP contribution in [0.4, 0.5) is 0 Å². The normalized spacial score (nSPS) is 41.2. The summed E-state index contributed by atoms with van der Waals surface area (Å²) in [5.74, 6) is 1.99. The highest BCUT2D eigenvalue weighted by Crippen LogP contribution is 2.66. The summed E-state index contributed by atoms with van der Waals surface area (Å²) in [4.78, 5) is 30.9. The number of fused-ring (bicyclic) bond motifs is 5. The Kier molecular flexibility index (Phi) is 5.88. The Labute approximate surface area is 214 Å². The Morgan fingerprint density at radius 2 is 1.83 bits per heavy atom. The van der Waals surface area contributed by atoms with Crippen LogP contribution >= 0.6 is 0 Å². The largest absolute Gasteiger partial charge is 0.461 e. The van der Waals surface area contributed by atoms with Crippen LogP contribution in [-0.4, -0.2) is 30.2 Å². The second kappa shape index (κ2) is 8.85. The number of nitrogens with zero attached hydrogens (tertiary/aromatic N) is 1. The molecule has 0 amide bonds. The molecule has 6 rings (SSSR count). The lowest BCUT2D eigenvalue weighted by atomic mass is 9.47. The van der Waals surface area contributed by atoms with Crippen LogP contribution in [0.1, 0.15) is 77.7 Å². The van der Waals surface area contributed by atoms with Gasteiger partial charge in [0.1, 0.15) is 30.1 Å². The molecule has 4 aliphatic carbocycles. The van der Waals surface area contributed by atoms with Crippen LogP contribution in [0.3, 0.4) is 0 Å². The first-order valence-corrected chi connectivity index (χ1v) is 14.0. The zero-order chi connectivity index (χ0) is 25.1. The number of rotatable bonds is 4. The lowest BCUT2D eigenvalue weighted by molar-refractivity contribution is -0.155. The van der Waals surface area contributed by atoms with E-state index in [1.807, 2.05) is 30.3 Å². The lowest BCUT2D eigenvalue weighted by Gasteiger charge is -2.58. The number of ether oxygens (including phenoxy) is 1. The van der Waals surface area contributed by atoms with E-state index < -0.39 is 5.92 Å². The summed E-state index contributed by atoms with van der Waals surface area (Å²) < 4.78 is 6.10. The molecular weight excluding hydrogens is 450 g/mol. The minimum atomic E-state index is -0.460. The van der Waals surface area contributed by atoms with Crippen LogP contribution in [0.25, 0.3) is 0 Å². The molecule has 0 N–H and O–H groups in total. The van der Waals surface area contributed by atoms with Crippen LogP contribution in [-0.2, 0) is 19.2 Å². The van der Waals surface area contributed by atoms with E-state index in [0.717, 1.165) is 37.7 Å². The topological polar surface area (TPSA) is 65.0 Å². The molecular formula is C31H39NO4. The SMILES string of the molecule is CC(=O)[C@H]1CC[C@H]2[C@@H]3CC=C4C[C@@H](OC(=O)[C@H]5CON=C5c5ccccc5)CC[C@]4(C)[C@H]3CC[C@]12C. The Hall–Kier alpha value is -2.43. The highest BCUT2D eigenvalue weighted by molar-refractivity contribution is 6.12. The van der Waals surface area contributed by atoms with Crippen molar-refractivity contribution < 1.29 is 19.2 Å². The van der Waals surface area contributed by atoms with Gasteiger partial charge in [-0.25, -0.2) is 0 Å². The van der Waals surface area contributed by atoms with Gasteiger partial charge in [0.15, 0.2) is 0 Å². The molecule has 5 heteroatoms. The van der Waals surface area contributed by atoms with Crippen LogP contribution in [0.15, 0.2) is 47.1 Å². The molecule has 0 aromatic heterocycles. The van der Waals surface area contributed by atoms with Crippen molar-refractivity contribution >= 4 is 17.5 Å². The quantitative estimate of drug-likeness (QED) is 0.378. The van der Waals surface area contributed by atoms with Gasteiger partial charge in [-0.2, -0.15) is 0 Å². The molecule has 1 aromatic rings. The number of hydrogen-bond acceptors (Lipinski definition) is 5. The lowest BCUT2D eigenvalue weighted by Crippen LogP contribution is -2.51. The van der Waals surface area contributed by atoms with Crippen LogP contribution in [0.5, 0.6) is 0 Å². The molecule has 0 bridgehead atoms. The van der Waals surface area contributed by atoms with Gasteiger partial charge < -0.3 is 9.57 Å². The van der Waals surface area contributed by atoms with E-state index in [-0.39, 0.29) is 35.4 Å². The van der Waals surface area contributed by atoms with E-state index in [9.17, 15) is 9.59 Å². The fourth-order valence-corrected chi connectivity index (χ4v) is 9.01. The first kappa shape index (κ1) is 23.9. The Morgan fingerprint density at radius 3 is 2.61 bits per heavy atom. The smallest absolute Gasteiger partial charge is 0.319 e. The fraction of sp³-hybridized carbons (Fsp3) is 0.645. The summed E-state index contributed by atoms with van der Waals surface area (Å²) in [7, 11) is 0. The zero-order valence-corrected chi connectivity index (χ0v) is 21.9. The van der Waals surface area contributed by atoms with Crippen molar-refractivity contribution in [3.05, 3.63) is 47.5 Å². The molecule has 3 saturated carbocycles. The first-order valence-electron chi connectivity index (χ1n) is 14.0. The van der Waals surface area contributed by atoms with Gasteiger partial charge in [-0.15, -0.1) is 0 Å². The number of esters is 1. The third-order valence-corrected chi connectivity index (χ3v) is 10.9. The van der Waals surface area contributed by atoms with Gasteiger partial charge in [-0.3, -0.25) is 9.59 Å². The van der Waals surface area contributed by atoms with Gasteiger partial charge in [-0.1, -0.05) is 61.0 Å². The minimum Gasteiger partial charge on any atom is -0.461 e. The molecule has 0 saturated heterocycles. The van der Waals surface area contributed by atoms with E-state index in [1.165, 1.54) is 24.8 Å². The standard InChI is InChI=1S/C31H39NO4/c1-19(33)25-11-12-26-23-10-9-21-17-22(13-15-30(21,2)27(23)14-16-31(25,26)3)36-29(34)24-18-35-32-28(24)20-7-5-4-6-8-20/h4-9,22-27H,10-18H2,1-3H3/t22-,23-,24-,25+,26-,27-,30-,31+/m0/s1. The molecule has 192 valence electrons. The fourth-order valence-electron chi connectivity index (χ4n) is 9.01. The number of carbonyl (C=O) groups excluding carboxylic acids is 2. The summed E-state index contributed by atoms with van der Waals surface area (Å²) in [5, 5.41) is 4.15. The number of ketones is 1. The van der Waals surface area contributed by atoms with E-state index in [2.05, 4.69) is 25.1 Å². The van der Waals surface area contributed by atoms with E-state index >= 15 is 0 Å². The van der Waals surface area contributed by atoms with Crippen LogP contribution in [0.2, 0.25) is 0 Å². The third kappa shape index (κ3) is 3.68. The van der Waals surface area contributed by atoms with E-state index in [0.29, 0.717) is 29.2 Å². The highest BCUT2D eigenvalue weighted by atomic mass is 16.6. The summed E-state index contributed by atoms with van der Waals surface area (Å²) in [5.41, 5.74) is 3.46. The van der Waals surface area contributed by atoms with Crippen molar-refractivity contribution in [2.45, 2.75) is 78.2 Å². The van der Waals surface area contributed by atoms with Gasteiger partial charge in [0, 0.05) is 17.9 Å².